The monoisotopic (exact) mass is 356 g/mol. The van der Waals surface area contributed by atoms with E-state index < -0.39 is 17.3 Å². The van der Waals surface area contributed by atoms with Crippen molar-refractivity contribution in [3.63, 3.8) is 0 Å². The van der Waals surface area contributed by atoms with Gasteiger partial charge >= 0.3 is 6.18 Å². The fourth-order valence-electron chi connectivity index (χ4n) is 2.38. The summed E-state index contributed by atoms with van der Waals surface area (Å²) in [6, 6.07) is 5.96. The Bertz CT molecular complexity index is 697. The number of aryl methyl sites for hydroxylation is 1. The highest BCUT2D eigenvalue weighted by molar-refractivity contribution is 7.10. The van der Waals surface area contributed by atoms with Crippen molar-refractivity contribution in [2.45, 2.75) is 51.4 Å². The second kappa shape index (κ2) is 6.86. The van der Waals surface area contributed by atoms with Crippen LogP contribution in [0.25, 0.3) is 11.1 Å². The summed E-state index contributed by atoms with van der Waals surface area (Å²) in [6.45, 7) is 5.60. The van der Waals surface area contributed by atoms with Crippen LogP contribution in [0.3, 0.4) is 0 Å². The zero-order chi connectivity index (χ0) is 18.1. The number of nitrogens with two attached hydrogens (primary N) is 2. The van der Waals surface area contributed by atoms with Crippen LogP contribution < -0.4 is 11.5 Å². The second-order valence-corrected chi connectivity index (χ2v) is 7.87. The molecule has 0 fully saturated rings. The SMILES string of the molecule is CC(N)c1cc(-c2cc(CCC(C)(C)N)cc(C(F)(F)F)c2)cs1. The third-order valence-corrected chi connectivity index (χ3v) is 4.91. The molecule has 2 nitrogen and oxygen atoms in total. The Kier molecular flexibility index (Phi) is 5.42. The first-order valence-electron chi connectivity index (χ1n) is 7.80. The molecule has 1 aromatic carbocycles. The van der Waals surface area contributed by atoms with Gasteiger partial charge in [-0.15, -0.1) is 11.3 Å². The zero-order valence-electron chi connectivity index (χ0n) is 14.1. The molecule has 132 valence electrons. The highest BCUT2D eigenvalue weighted by Gasteiger charge is 2.31. The number of hydrogen-bond acceptors (Lipinski definition) is 3. The first-order chi connectivity index (χ1) is 11.0. The van der Waals surface area contributed by atoms with E-state index in [1.165, 1.54) is 23.5 Å². The van der Waals surface area contributed by atoms with Crippen LogP contribution in [0.5, 0.6) is 0 Å². The van der Waals surface area contributed by atoms with Crippen LogP contribution in [0.15, 0.2) is 29.6 Å². The third kappa shape index (κ3) is 5.06. The first-order valence-corrected chi connectivity index (χ1v) is 8.68. The molecule has 0 saturated heterocycles. The minimum atomic E-state index is -4.37. The Morgan fingerprint density at radius 2 is 1.75 bits per heavy atom. The molecule has 4 N–H and O–H groups in total. The van der Waals surface area contributed by atoms with Crippen molar-refractivity contribution in [3.05, 3.63) is 45.6 Å². The fraction of sp³-hybridized carbons (Fsp3) is 0.444. The van der Waals surface area contributed by atoms with Crippen molar-refractivity contribution >= 4 is 11.3 Å². The van der Waals surface area contributed by atoms with Crippen LogP contribution in [-0.4, -0.2) is 5.54 Å². The molecular formula is C18H23F3N2S. The lowest BCUT2D eigenvalue weighted by molar-refractivity contribution is -0.137. The molecule has 0 bridgehead atoms. The van der Waals surface area contributed by atoms with E-state index in [2.05, 4.69) is 0 Å². The normalized spacial score (nSPS) is 14.0. The Morgan fingerprint density at radius 3 is 2.25 bits per heavy atom. The molecule has 0 aliphatic heterocycles. The van der Waals surface area contributed by atoms with Crippen molar-refractivity contribution in [3.8, 4) is 11.1 Å². The maximum atomic E-state index is 13.2. The lowest BCUT2D eigenvalue weighted by Gasteiger charge is -2.19. The number of alkyl halides is 3. The van der Waals surface area contributed by atoms with Gasteiger partial charge in [0.1, 0.15) is 0 Å². The van der Waals surface area contributed by atoms with Crippen LogP contribution in [0, 0.1) is 0 Å². The van der Waals surface area contributed by atoms with Crippen LogP contribution in [-0.2, 0) is 12.6 Å². The molecule has 0 amide bonds. The van der Waals surface area contributed by atoms with Crippen LogP contribution >= 0.6 is 11.3 Å². The summed E-state index contributed by atoms with van der Waals surface area (Å²) in [7, 11) is 0. The summed E-state index contributed by atoms with van der Waals surface area (Å²) in [5, 5.41) is 1.85. The lowest BCUT2D eigenvalue weighted by atomic mass is 9.93. The van der Waals surface area contributed by atoms with Crippen molar-refractivity contribution in [1.29, 1.82) is 0 Å². The summed E-state index contributed by atoms with van der Waals surface area (Å²) in [4.78, 5) is 0.951. The number of benzene rings is 1. The van der Waals surface area contributed by atoms with E-state index in [4.69, 9.17) is 11.5 Å². The van der Waals surface area contributed by atoms with Gasteiger partial charge in [0.05, 0.1) is 5.56 Å². The van der Waals surface area contributed by atoms with E-state index in [9.17, 15) is 13.2 Å². The van der Waals surface area contributed by atoms with Gasteiger partial charge in [-0.1, -0.05) is 6.07 Å². The van der Waals surface area contributed by atoms with E-state index in [1.54, 1.807) is 0 Å². The predicted molar refractivity (Wildman–Crippen MR) is 93.9 cm³/mol. The smallest absolute Gasteiger partial charge is 0.326 e. The molecule has 0 saturated carbocycles. The summed E-state index contributed by atoms with van der Waals surface area (Å²) < 4.78 is 39.7. The highest BCUT2D eigenvalue weighted by Crippen LogP contribution is 2.36. The maximum absolute atomic E-state index is 13.2. The van der Waals surface area contributed by atoms with E-state index in [1.807, 2.05) is 38.3 Å². The van der Waals surface area contributed by atoms with Gasteiger partial charge in [-0.25, -0.2) is 0 Å². The third-order valence-electron chi connectivity index (χ3n) is 3.78. The van der Waals surface area contributed by atoms with Crippen molar-refractivity contribution in [2.24, 2.45) is 11.5 Å². The van der Waals surface area contributed by atoms with Gasteiger partial charge in [0.25, 0.3) is 0 Å². The molecule has 0 spiro atoms. The van der Waals surface area contributed by atoms with E-state index in [0.29, 0.717) is 24.0 Å². The molecule has 24 heavy (non-hydrogen) atoms. The Hall–Kier alpha value is -1.37. The van der Waals surface area contributed by atoms with Crippen LogP contribution in [0.1, 0.15) is 49.2 Å². The second-order valence-electron chi connectivity index (χ2n) is 6.93. The topological polar surface area (TPSA) is 52.0 Å². The Labute approximate surface area is 144 Å². The summed E-state index contributed by atoms with van der Waals surface area (Å²) in [5.41, 5.74) is 12.7. The van der Waals surface area contributed by atoms with Gasteiger partial charge in [0, 0.05) is 16.5 Å². The van der Waals surface area contributed by atoms with Gasteiger partial charge in [-0.05, 0) is 73.9 Å². The van der Waals surface area contributed by atoms with Crippen molar-refractivity contribution < 1.29 is 13.2 Å². The predicted octanol–water partition coefficient (Wildman–Crippen LogP) is 5.12. The van der Waals surface area contributed by atoms with Gasteiger partial charge in [0.15, 0.2) is 0 Å². The molecule has 0 aliphatic rings. The summed E-state index contributed by atoms with van der Waals surface area (Å²) >= 11 is 1.46. The molecule has 1 unspecified atom stereocenters. The first kappa shape index (κ1) is 19.0. The molecule has 6 heteroatoms. The molecular weight excluding hydrogens is 333 g/mol. The number of rotatable bonds is 5. The van der Waals surface area contributed by atoms with Crippen LogP contribution in [0.4, 0.5) is 13.2 Å². The Morgan fingerprint density at radius 1 is 1.08 bits per heavy atom. The molecule has 1 heterocycles. The average Bonchev–Trinajstić information content (AvgIpc) is 2.93. The van der Waals surface area contributed by atoms with E-state index in [-0.39, 0.29) is 6.04 Å². The zero-order valence-corrected chi connectivity index (χ0v) is 14.9. The van der Waals surface area contributed by atoms with Gasteiger partial charge < -0.3 is 11.5 Å². The van der Waals surface area contributed by atoms with Crippen LogP contribution in [0.2, 0.25) is 0 Å². The largest absolute Gasteiger partial charge is 0.416 e. The number of hydrogen-bond donors (Lipinski definition) is 2. The van der Waals surface area contributed by atoms with Crippen molar-refractivity contribution in [1.82, 2.24) is 0 Å². The summed E-state index contributed by atoms with van der Waals surface area (Å²) in [6.07, 6.45) is -3.25. The molecule has 2 rings (SSSR count). The highest BCUT2D eigenvalue weighted by atomic mass is 32.1. The Balaban J connectivity index is 2.42. The minimum absolute atomic E-state index is 0.132. The maximum Gasteiger partial charge on any atom is 0.416 e. The van der Waals surface area contributed by atoms with Gasteiger partial charge in [-0.3, -0.25) is 0 Å². The fourth-order valence-corrected chi connectivity index (χ4v) is 3.25. The van der Waals surface area contributed by atoms with E-state index in [0.717, 1.165) is 10.4 Å². The molecule has 0 radical (unpaired) electrons. The number of halogens is 3. The number of thiophene rings is 1. The van der Waals surface area contributed by atoms with Crippen molar-refractivity contribution in [2.75, 3.05) is 0 Å². The van der Waals surface area contributed by atoms with Gasteiger partial charge in [0.2, 0.25) is 0 Å². The molecule has 2 aromatic rings. The molecule has 0 aliphatic carbocycles. The summed E-state index contributed by atoms with van der Waals surface area (Å²) in [5.74, 6) is 0. The lowest BCUT2D eigenvalue weighted by Crippen LogP contribution is -2.32. The minimum Gasteiger partial charge on any atom is -0.326 e. The van der Waals surface area contributed by atoms with Gasteiger partial charge in [-0.2, -0.15) is 13.2 Å². The standard InChI is InChI=1S/C18H23F3N2S/c1-11(22)16-9-14(10-24-16)13-6-12(4-5-17(2,3)23)7-15(8-13)18(19,20)21/h6-11H,4-5,22-23H2,1-3H3. The molecule has 1 aromatic heterocycles. The quantitative estimate of drug-likeness (QED) is 0.781. The molecule has 1 atom stereocenters. The van der Waals surface area contributed by atoms with E-state index >= 15 is 0 Å². The average molecular weight is 356 g/mol.